The first-order valence-corrected chi connectivity index (χ1v) is 6.97. The molecule has 2 heterocycles. The molecule has 4 heteroatoms. The Morgan fingerprint density at radius 3 is 2.90 bits per heavy atom. The van der Waals surface area contributed by atoms with E-state index in [0.717, 1.165) is 29.3 Å². The lowest BCUT2D eigenvalue weighted by Gasteiger charge is -2.04. The molecule has 102 valence electrons. The maximum Gasteiger partial charge on any atom is 0.0648 e. The van der Waals surface area contributed by atoms with E-state index in [1.807, 2.05) is 43.6 Å². The predicted molar refractivity (Wildman–Crippen MR) is 83.1 cm³/mol. The highest BCUT2D eigenvalue weighted by atomic mass is 35.5. The second-order valence-corrected chi connectivity index (χ2v) is 5.23. The Morgan fingerprint density at radius 2 is 2.15 bits per heavy atom. The Labute approximate surface area is 123 Å². The molecule has 0 spiro atoms. The molecule has 3 rings (SSSR count). The van der Waals surface area contributed by atoms with Crippen LogP contribution in [0, 0.1) is 0 Å². The molecule has 0 aliphatic carbocycles. The van der Waals surface area contributed by atoms with Crippen LogP contribution in [0.5, 0.6) is 0 Å². The molecule has 2 aromatic heterocycles. The van der Waals surface area contributed by atoms with Crippen LogP contribution < -0.4 is 5.32 Å². The number of benzene rings is 1. The summed E-state index contributed by atoms with van der Waals surface area (Å²) in [5.41, 5.74) is 3.46. The SMILES string of the molecule is CNCc1cn(Cc2ccccn2)c2cc(Cl)ccc12. The van der Waals surface area contributed by atoms with E-state index >= 15 is 0 Å². The number of hydrogen-bond acceptors (Lipinski definition) is 2. The zero-order valence-electron chi connectivity index (χ0n) is 11.3. The van der Waals surface area contributed by atoms with Gasteiger partial charge in [-0.15, -0.1) is 0 Å². The summed E-state index contributed by atoms with van der Waals surface area (Å²) in [6.07, 6.45) is 3.99. The van der Waals surface area contributed by atoms with Crippen molar-refractivity contribution in [3.8, 4) is 0 Å². The zero-order valence-corrected chi connectivity index (χ0v) is 12.1. The van der Waals surface area contributed by atoms with Crippen LogP contribution in [0.2, 0.25) is 5.02 Å². The molecule has 3 nitrogen and oxygen atoms in total. The molecule has 1 N–H and O–H groups in total. The Morgan fingerprint density at radius 1 is 1.25 bits per heavy atom. The van der Waals surface area contributed by atoms with Gasteiger partial charge in [0.1, 0.15) is 0 Å². The summed E-state index contributed by atoms with van der Waals surface area (Å²) in [6.45, 7) is 1.59. The van der Waals surface area contributed by atoms with Gasteiger partial charge in [0.05, 0.1) is 17.8 Å². The van der Waals surface area contributed by atoms with Crippen LogP contribution >= 0.6 is 11.6 Å². The fourth-order valence-corrected chi connectivity index (χ4v) is 2.64. The van der Waals surface area contributed by atoms with E-state index in [-0.39, 0.29) is 0 Å². The Balaban J connectivity index is 2.07. The number of aromatic nitrogens is 2. The number of halogens is 1. The number of nitrogens with one attached hydrogen (secondary N) is 1. The summed E-state index contributed by atoms with van der Waals surface area (Å²) >= 11 is 6.14. The summed E-state index contributed by atoms with van der Waals surface area (Å²) < 4.78 is 2.20. The van der Waals surface area contributed by atoms with Crippen LogP contribution in [0.15, 0.2) is 48.8 Å². The third kappa shape index (κ3) is 2.55. The van der Waals surface area contributed by atoms with Crippen molar-refractivity contribution in [1.82, 2.24) is 14.9 Å². The molecule has 0 atom stereocenters. The standard InChI is InChI=1S/C16H16ClN3/c1-18-9-12-10-20(11-14-4-2-3-7-19-14)16-8-13(17)5-6-15(12)16/h2-8,10,18H,9,11H2,1H3. The van der Waals surface area contributed by atoms with Gasteiger partial charge >= 0.3 is 0 Å². The van der Waals surface area contributed by atoms with Crippen molar-refractivity contribution in [1.29, 1.82) is 0 Å². The van der Waals surface area contributed by atoms with Gasteiger partial charge in [-0.25, -0.2) is 0 Å². The molecule has 0 bridgehead atoms. The summed E-state index contributed by atoms with van der Waals surface area (Å²) in [5.74, 6) is 0. The lowest BCUT2D eigenvalue weighted by atomic mass is 10.2. The van der Waals surface area contributed by atoms with Crippen molar-refractivity contribution in [2.45, 2.75) is 13.1 Å². The van der Waals surface area contributed by atoms with Gasteiger partial charge in [-0.2, -0.15) is 0 Å². The average molecular weight is 286 g/mol. The minimum atomic E-state index is 0.751. The molecule has 0 saturated heterocycles. The van der Waals surface area contributed by atoms with Gasteiger partial charge < -0.3 is 9.88 Å². The van der Waals surface area contributed by atoms with Gasteiger partial charge in [0.25, 0.3) is 0 Å². The van der Waals surface area contributed by atoms with E-state index in [1.54, 1.807) is 0 Å². The molecule has 0 amide bonds. The number of nitrogens with zero attached hydrogens (tertiary/aromatic N) is 2. The minimum Gasteiger partial charge on any atom is -0.341 e. The Bertz CT molecular complexity index is 719. The van der Waals surface area contributed by atoms with Crippen LogP contribution in [-0.4, -0.2) is 16.6 Å². The number of hydrogen-bond donors (Lipinski definition) is 1. The van der Waals surface area contributed by atoms with Crippen molar-refractivity contribution in [3.05, 3.63) is 65.1 Å². The van der Waals surface area contributed by atoms with Crippen LogP contribution in [-0.2, 0) is 13.1 Å². The number of pyridine rings is 1. The van der Waals surface area contributed by atoms with E-state index in [9.17, 15) is 0 Å². The van der Waals surface area contributed by atoms with Gasteiger partial charge in [0, 0.05) is 29.3 Å². The maximum absolute atomic E-state index is 6.14. The smallest absolute Gasteiger partial charge is 0.0648 e. The van der Waals surface area contributed by atoms with E-state index in [0.29, 0.717) is 0 Å². The fourth-order valence-electron chi connectivity index (χ4n) is 2.47. The van der Waals surface area contributed by atoms with Gasteiger partial charge in [-0.1, -0.05) is 23.7 Å². The van der Waals surface area contributed by atoms with E-state index in [4.69, 9.17) is 11.6 Å². The normalized spacial score (nSPS) is 11.1. The molecule has 0 aliphatic rings. The first-order valence-electron chi connectivity index (χ1n) is 6.59. The van der Waals surface area contributed by atoms with Crippen LogP contribution in [0.25, 0.3) is 10.9 Å². The summed E-state index contributed by atoms with van der Waals surface area (Å²) in [6, 6.07) is 12.0. The Hall–Kier alpha value is -1.84. The molecule has 0 radical (unpaired) electrons. The minimum absolute atomic E-state index is 0.751. The van der Waals surface area contributed by atoms with E-state index in [2.05, 4.69) is 27.1 Å². The first kappa shape index (κ1) is 13.2. The molecule has 1 aromatic carbocycles. The number of rotatable bonds is 4. The highest BCUT2D eigenvalue weighted by Crippen LogP contribution is 2.25. The van der Waals surface area contributed by atoms with Crippen molar-refractivity contribution in [2.24, 2.45) is 0 Å². The van der Waals surface area contributed by atoms with E-state index < -0.39 is 0 Å². The molecule has 0 unspecified atom stereocenters. The van der Waals surface area contributed by atoms with Crippen molar-refractivity contribution in [3.63, 3.8) is 0 Å². The maximum atomic E-state index is 6.14. The van der Waals surface area contributed by atoms with Gasteiger partial charge in [-0.3, -0.25) is 4.98 Å². The molecule has 0 fully saturated rings. The molecule has 0 aliphatic heterocycles. The Kier molecular flexibility index (Phi) is 3.72. The largest absolute Gasteiger partial charge is 0.341 e. The van der Waals surface area contributed by atoms with Crippen LogP contribution in [0.1, 0.15) is 11.3 Å². The highest BCUT2D eigenvalue weighted by Gasteiger charge is 2.09. The monoisotopic (exact) mass is 285 g/mol. The highest BCUT2D eigenvalue weighted by molar-refractivity contribution is 6.31. The molecule has 0 saturated carbocycles. The third-order valence-corrected chi connectivity index (χ3v) is 3.59. The van der Waals surface area contributed by atoms with Gasteiger partial charge in [-0.05, 0) is 36.9 Å². The summed E-state index contributed by atoms with van der Waals surface area (Å²) in [5, 5.41) is 5.20. The quantitative estimate of drug-likeness (QED) is 0.796. The van der Waals surface area contributed by atoms with Gasteiger partial charge in [0.2, 0.25) is 0 Å². The lowest BCUT2D eigenvalue weighted by Crippen LogP contribution is -2.04. The van der Waals surface area contributed by atoms with E-state index in [1.165, 1.54) is 10.9 Å². The van der Waals surface area contributed by atoms with Gasteiger partial charge in [0.15, 0.2) is 0 Å². The molecule has 3 aromatic rings. The summed E-state index contributed by atoms with van der Waals surface area (Å²) in [7, 11) is 1.96. The molecular formula is C16H16ClN3. The lowest BCUT2D eigenvalue weighted by molar-refractivity contribution is 0.782. The second-order valence-electron chi connectivity index (χ2n) is 4.80. The van der Waals surface area contributed by atoms with Crippen molar-refractivity contribution >= 4 is 22.5 Å². The number of fused-ring (bicyclic) bond motifs is 1. The molecular weight excluding hydrogens is 270 g/mol. The third-order valence-electron chi connectivity index (χ3n) is 3.35. The van der Waals surface area contributed by atoms with Crippen LogP contribution in [0.4, 0.5) is 0 Å². The fraction of sp³-hybridized carbons (Fsp3) is 0.188. The summed E-state index contributed by atoms with van der Waals surface area (Å²) in [4.78, 5) is 4.39. The average Bonchev–Trinajstić information content (AvgIpc) is 2.78. The predicted octanol–water partition coefficient (Wildman–Crippen LogP) is 3.46. The zero-order chi connectivity index (χ0) is 13.9. The van der Waals surface area contributed by atoms with Crippen molar-refractivity contribution < 1.29 is 0 Å². The second kappa shape index (κ2) is 5.65. The van der Waals surface area contributed by atoms with Crippen LogP contribution in [0.3, 0.4) is 0 Å². The molecule has 20 heavy (non-hydrogen) atoms. The first-order chi connectivity index (χ1) is 9.78. The van der Waals surface area contributed by atoms with Crippen molar-refractivity contribution in [2.75, 3.05) is 7.05 Å². The topological polar surface area (TPSA) is 29.9 Å².